The van der Waals surface area contributed by atoms with E-state index in [2.05, 4.69) is 17.1 Å². The minimum atomic E-state index is -0.509. The van der Waals surface area contributed by atoms with E-state index in [-0.39, 0.29) is 6.79 Å². The van der Waals surface area contributed by atoms with Gasteiger partial charge in [-0.2, -0.15) is 0 Å². The molecule has 0 saturated heterocycles. The Morgan fingerprint density at radius 3 is 2.81 bits per heavy atom. The van der Waals surface area contributed by atoms with Crippen molar-refractivity contribution in [2.24, 2.45) is 0 Å². The molecule has 1 aromatic heterocycles. The maximum absolute atomic E-state index is 9.79. The lowest BCUT2D eigenvalue weighted by Gasteiger charge is -2.10. The van der Waals surface area contributed by atoms with Crippen molar-refractivity contribution in [3.63, 3.8) is 0 Å². The monoisotopic (exact) mass is 358 g/mol. The molecule has 134 valence electrons. The summed E-state index contributed by atoms with van der Waals surface area (Å²) in [4.78, 5) is 4.51. The first-order chi connectivity index (χ1) is 13.2. The number of para-hydroxylation sites is 1. The van der Waals surface area contributed by atoms with Crippen molar-refractivity contribution in [1.82, 2.24) is 9.55 Å². The van der Waals surface area contributed by atoms with Crippen LogP contribution >= 0.6 is 0 Å². The number of fused-ring (bicyclic) bond motifs is 2. The van der Waals surface area contributed by atoms with Crippen molar-refractivity contribution in [1.29, 1.82) is 0 Å². The quantitative estimate of drug-likeness (QED) is 0.587. The van der Waals surface area contributed by atoms with Crippen LogP contribution in [0.25, 0.3) is 27.8 Å². The summed E-state index contributed by atoms with van der Waals surface area (Å²) < 4.78 is 13.2. The SMILES string of the molecule is CC(O)c1ccc2c(c1)ncn2-c1cccc(-c2cccc3c2OCO3)c1. The maximum Gasteiger partial charge on any atom is 0.231 e. The Morgan fingerprint density at radius 1 is 1.04 bits per heavy atom. The average Bonchev–Trinajstić information content (AvgIpc) is 3.34. The summed E-state index contributed by atoms with van der Waals surface area (Å²) in [5.74, 6) is 1.56. The molecule has 2 heterocycles. The van der Waals surface area contributed by atoms with Crippen molar-refractivity contribution < 1.29 is 14.6 Å². The lowest BCUT2D eigenvalue weighted by molar-refractivity contribution is 0.174. The molecule has 0 aliphatic carbocycles. The molecule has 27 heavy (non-hydrogen) atoms. The van der Waals surface area contributed by atoms with Crippen LogP contribution < -0.4 is 9.47 Å². The molecule has 0 fully saturated rings. The molecular formula is C22H18N2O3. The van der Waals surface area contributed by atoms with Crippen LogP contribution in [0.4, 0.5) is 0 Å². The summed E-state index contributed by atoms with van der Waals surface area (Å²) in [6, 6.07) is 20.0. The highest BCUT2D eigenvalue weighted by atomic mass is 16.7. The molecule has 0 spiro atoms. The van der Waals surface area contributed by atoms with Crippen LogP contribution in [0.5, 0.6) is 11.5 Å². The van der Waals surface area contributed by atoms with Crippen LogP contribution in [0, 0.1) is 0 Å². The number of aliphatic hydroxyl groups excluding tert-OH is 1. The van der Waals surface area contributed by atoms with E-state index in [4.69, 9.17) is 9.47 Å². The van der Waals surface area contributed by atoms with Crippen molar-refractivity contribution in [2.45, 2.75) is 13.0 Å². The lowest BCUT2D eigenvalue weighted by Crippen LogP contribution is -1.95. The number of nitrogens with zero attached hydrogens (tertiary/aromatic N) is 2. The highest BCUT2D eigenvalue weighted by Gasteiger charge is 2.18. The molecule has 1 N–H and O–H groups in total. The molecule has 0 radical (unpaired) electrons. The van der Waals surface area contributed by atoms with Gasteiger partial charge in [-0.15, -0.1) is 0 Å². The van der Waals surface area contributed by atoms with Gasteiger partial charge in [0.15, 0.2) is 11.5 Å². The Kier molecular flexibility index (Phi) is 3.62. The van der Waals surface area contributed by atoms with E-state index >= 15 is 0 Å². The predicted octanol–water partition coefficient (Wildman–Crippen LogP) is 4.47. The molecule has 5 nitrogen and oxygen atoms in total. The third kappa shape index (κ3) is 2.64. The molecular weight excluding hydrogens is 340 g/mol. The van der Waals surface area contributed by atoms with Gasteiger partial charge in [0.1, 0.15) is 6.33 Å². The van der Waals surface area contributed by atoms with Gasteiger partial charge < -0.3 is 14.6 Å². The first-order valence-corrected chi connectivity index (χ1v) is 8.85. The van der Waals surface area contributed by atoms with Gasteiger partial charge in [-0.25, -0.2) is 4.98 Å². The van der Waals surface area contributed by atoms with Gasteiger partial charge in [-0.05, 0) is 48.4 Å². The average molecular weight is 358 g/mol. The van der Waals surface area contributed by atoms with E-state index in [1.54, 1.807) is 6.92 Å². The van der Waals surface area contributed by atoms with Crippen LogP contribution in [0.1, 0.15) is 18.6 Å². The summed E-state index contributed by atoms with van der Waals surface area (Å²) in [5.41, 5.74) is 5.78. The highest BCUT2D eigenvalue weighted by Crippen LogP contribution is 2.41. The molecule has 1 aliphatic rings. The standard InChI is InChI=1S/C22H18N2O3/c1-14(25)15-8-9-20-19(11-15)23-12-24(20)17-5-2-4-16(10-17)18-6-3-7-21-22(18)27-13-26-21/h2-12,14,25H,13H2,1H3. The van der Waals surface area contributed by atoms with Gasteiger partial charge in [0.05, 0.1) is 17.1 Å². The van der Waals surface area contributed by atoms with E-state index < -0.39 is 6.10 Å². The molecule has 1 atom stereocenters. The second-order valence-electron chi connectivity index (χ2n) is 6.63. The summed E-state index contributed by atoms with van der Waals surface area (Å²) in [6.45, 7) is 2.01. The lowest BCUT2D eigenvalue weighted by atomic mass is 10.0. The minimum absolute atomic E-state index is 0.254. The van der Waals surface area contributed by atoms with Crippen molar-refractivity contribution in [3.8, 4) is 28.3 Å². The summed E-state index contributed by atoms with van der Waals surface area (Å²) in [6.07, 6.45) is 1.30. The molecule has 3 aromatic carbocycles. The molecule has 1 aliphatic heterocycles. The van der Waals surface area contributed by atoms with Crippen LogP contribution in [-0.2, 0) is 0 Å². The number of aliphatic hydroxyl groups is 1. The van der Waals surface area contributed by atoms with Crippen molar-refractivity contribution in [2.75, 3.05) is 6.79 Å². The second kappa shape index (κ2) is 6.14. The van der Waals surface area contributed by atoms with Gasteiger partial charge >= 0.3 is 0 Å². The summed E-state index contributed by atoms with van der Waals surface area (Å²) in [7, 11) is 0. The smallest absolute Gasteiger partial charge is 0.231 e. The fraction of sp³-hybridized carbons (Fsp3) is 0.136. The predicted molar refractivity (Wildman–Crippen MR) is 103 cm³/mol. The highest BCUT2D eigenvalue weighted by molar-refractivity contribution is 5.80. The molecule has 1 unspecified atom stereocenters. The van der Waals surface area contributed by atoms with Gasteiger partial charge in [-0.3, -0.25) is 4.57 Å². The zero-order valence-electron chi connectivity index (χ0n) is 14.8. The number of aromatic nitrogens is 2. The Labute approximate surface area is 156 Å². The minimum Gasteiger partial charge on any atom is -0.454 e. The first kappa shape index (κ1) is 15.9. The summed E-state index contributed by atoms with van der Waals surface area (Å²) in [5, 5.41) is 9.79. The molecule has 0 amide bonds. The van der Waals surface area contributed by atoms with Crippen LogP contribution in [0.2, 0.25) is 0 Å². The van der Waals surface area contributed by atoms with Crippen molar-refractivity contribution in [3.05, 3.63) is 72.6 Å². The third-order valence-electron chi connectivity index (χ3n) is 4.89. The number of imidazole rings is 1. The molecule has 0 saturated carbocycles. The molecule has 5 rings (SSSR count). The number of ether oxygens (including phenoxy) is 2. The Bertz CT molecular complexity index is 1150. The van der Waals surface area contributed by atoms with Crippen LogP contribution in [0.3, 0.4) is 0 Å². The summed E-state index contributed by atoms with van der Waals surface area (Å²) >= 11 is 0. The number of benzene rings is 3. The number of hydrogen-bond acceptors (Lipinski definition) is 4. The zero-order valence-corrected chi connectivity index (χ0v) is 14.8. The topological polar surface area (TPSA) is 56.5 Å². The van der Waals surface area contributed by atoms with Crippen LogP contribution in [-0.4, -0.2) is 21.5 Å². The Hall–Kier alpha value is -3.31. The molecule has 5 heteroatoms. The normalized spacial score (nSPS) is 13.9. The first-order valence-electron chi connectivity index (χ1n) is 8.85. The zero-order chi connectivity index (χ0) is 18.4. The van der Waals surface area contributed by atoms with E-state index in [0.717, 1.165) is 44.9 Å². The number of rotatable bonds is 3. The van der Waals surface area contributed by atoms with Gasteiger partial charge in [0.25, 0.3) is 0 Å². The van der Waals surface area contributed by atoms with Crippen LogP contribution in [0.15, 0.2) is 67.0 Å². The van der Waals surface area contributed by atoms with Gasteiger partial charge in [0, 0.05) is 11.3 Å². The Morgan fingerprint density at radius 2 is 1.93 bits per heavy atom. The van der Waals surface area contributed by atoms with E-state index in [0.29, 0.717) is 0 Å². The van der Waals surface area contributed by atoms with Crippen molar-refractivity contribution >= 4 is 11.0 Å². The third-order valence-corrected chi connectivity index (χ3v) is 4.89. The fourth-order valence-electron chi connectivity index (χ4n) is 3.48. The Balaban J connectivity index is 1.61. The van der Waals surface area contributed by atoms with Gasteiger partial charge in [-0.1, -0.05) is 30.3 Å². The number of hydrogen-bond donors (Lipinski definition) is 1. The molecule has 4 aromatic rings. The second-order valence-corrected chi connectivity index (χ2v) is 6.63. The maximum atomic E-state index is 9.79. The molecule has 0 bridgehead atoms. The van der Waals surface area contributed by atoms with Gasteiger partial charge in [0.2, 0.25) is 6.79 Å². The largest absolute Gasteiger partial charge is 0.454 e. The van der Waals surface area contributed by atoms with E-state index in [9.17, 15) is 5.11 Å². The van der Waals surface area contributed by atoms with E-state index in [1.165, 1.54) is 0 Å². The van der Waals surface area contributed by atoms with E-state index in [1.807, 2.05) is 59.4 Å². The fourth-order valence-corrected chi connectivity index (χ4v) is 3.48.